The van der Waals surface area contributed by atoms with E-state index in [1.165, 1.54) is 5.57 Å². The molecule has 15 heavy (non-hydrogen) atoms. The second-order valence-corrected chi connectivity index (χ2v) is 5.23. The molecule has 0 spiro atoms. The molecule has 0 aliphatic carbocycles. The van der Waals surface area contributed by atoms with E-state index in [-0.39, 0.29) is 0 Å². The minimum absolute atomic E-state index is 0.708. The normalized spacial score (nSPS) is 12.5. The van der Waals surface area contributed by atoms with Crippen molar-refractivity contribution in [2.24, 2.45) is 5.92 Å². The Hall–Kier alpha value is -0.670. The molecule has 0 aliphatic heterocycles. The molecule has 0 unspecified atom stereocenters. The van der Waals surface area contributed by atoms with Crippen LogP contribution in [0.15, 0.2) is 11.0 Å². The number of hydrogen-bond donors (Lipinski definition) is 1. The Labute approximate surface area is 96.4 Å². The first-order chi connectivity index (χ1) is 7.08. The predicted octanol–water partition coefficient (Wildman–Crippen LogP) is 3.10. The standard InChI is InChI=1S/C12H20N2S/c1-9(2)6-13-7-10(3)5-12-14-11(4)8-15-12/h5,8-9,13H,6-7H2,1-4H3. The number of thiazole rings is 1. The SMILES string of the molecule is CC(=Cc1nc(C)cs1)CNCC(C)C. The summed E-state index contributed by atoms with van der Waals surface area (Å²) < 4.78 is 0. The predicted molar refractivity (Wildman–Crippen MR) is 68.2 cm³/mol. The number of rotatable bonds is 5. The van der Waals surface area contributed by atoms with Crippen molar-refractivity contribution in [3.05, 3.63) is 21.7 Å². The molecule has 1 aromatic rings. The van der Waals surface area contributed by atoms with Gasteiger partial charge in [0.25, 0.3) is 0 Å². The Morgan fingerprint density at radius 1 is 1.60 bits per heavy atom. The summed E-state index contributed by atoms with van der Waals surface area (Å²) in [6.07, 6.45) is 2.16. The van der Waals surface area contributed by atoms with E-state index in [1.807, 2.05) is 6.92 Å². The van der Waals surface area contributed by atoms with Gasteiger partial charge in [0.05, 0.1) is 0 Å². The van der Waals surface area contributed by atoms with Crippen LogP contribution in [0.1, 0.15) is 31.5 Å². The lowest BCUT2D eigenvalue weighted by molar-refractivity contribution is 0.572. The van der Waals surface area contributed by atoms with Gasteiger partial charge < -0.3 is 5.32 Å². The molecule has 2 nitrogen and oxygen atoms in total. The minimum atomic E-state index is 0.708. The Bertz CT molecular complexity index is 326. The molecule has 0 radical (unpaired) electrons. The molecule has 84 valence electrons. The third kappa shape index (κ3) is 5.09. The number of hydrogen-bond acceptors (Lipinski definition) is 3. The van der Waals surface area contributed by atoms with Gasteiger partial charge in [-0.05, 0) is 32.4 Å². The van der Waals surface area contributed by atoms with Crippen molar-refractivity contribution in [3.8, 4) is 0 Å². The molecule has 1 aromatic heterocycles. The highest BCUT2D eigenvalue weighted by Crippen LogP contribution is 2.12. The van der Waals surface area contributed by atoms with Gasteiger partial charge in [0.1, 0.15) is 5.01 Å². The Morgan fingerprint density at radius 3 is 2.87 bits per heavy atom. The van der Waals surface area contributed by atoms with Crippen molar-refractivity contribution < 1.29 is 0 Å². The van der Waals surface area contributed by atoms with Gasteiger partial charge in [-0.25, -0.2) is 4.98 Å². The average Bonchev–Trinajstić information content (AvgIpc) is 2.50. The Kier molecular flexibility index (Phi) is 4.99. The maximum atomic E-state index is 4.41. The van der Waals surface area contributed by atoms with E-state index in [9.17, 15) is 0 Å². The fourth-order valence-corrected chi connectivity index (χ4v) is 2.07. The molecular weight excluding hydrogens is 204 g/mol. The quantitative estimate of drug-likeness (QED) is 0.831. The van der Waals surface area contributed by atoms with Crippen LogP contribution in [-0.2, 0) is 0 Å². The van der Waals surface area contributed by atoms with Crippen LogP contribution in [-0.4, -0.2) is 18.1 Å². The lowest BCUT2D eigenvalue weighted by Gasteiger charge is -2.06. The summed E-state index contributed by atoms with van der Waals surface area (Å²) in [5.41, 5.74) is 2.44. The van der Waals surface area contributed by atoms with E-state index in [0.29, 0.717) is 5.92 Å². The summed E-state index contributed by atoms with van der Waals surface area (Å²) in [4.78, 5) is 4.41. The van der Waals surface area contributed by atoms with Gasteiger partial charge in [0, 0.05) is 17.6 Å². The molecule has 1 heterocycles. The zero-order chi connectivity index (χ0) is 11.3. The van der Waals surface area contributed by atoms with Gasteiger partial charge >= 0.3 is 0 Å². The first-order valence-electron chi connectivity index (χ1n) is 5.38. The van der Waals surface area contributed by atoms with Crippen LogP contribution in [0.4, 0.5) is 0 Å². The highest BCUT2D eigenvalue weighted by atomic mass is 32.1. The first-order valence-corrected chi connectivity index (χ1v) is 6.26. The topological polar surface area (TPSA) is 24.9 Å². The molecular formula is C12H20N2S. The molecule has 0 aromatic carbocycles. The highest BCUT2D eigenvalue weighted by Gasteiger charge is 1.97. The van der Waals surface area contributed by atoms with E-state index < -0.39 is 0 Å². The largest absolute Gasteiger partial charge is 0.313 e. The number of aryl methyl sites for hydroxylation is 1. The molecule has 1 rings (SSSR count). The van der Waals surface area contributed by atoms with E-state index in [1.54, 1.807) is 11.3 Å². The van der Waals surface area contributed by atoms with E-state index in [2.05, 4.69) is 42.5 Å². The molecule has 0 amide bonds. The van der Waals surface area contributed by atoms with Gasteiger partial charge in [-0.1, -0.05) is 19.4 Å². The number of aromatic nitrogens is 1. The van der Waals surface area contributed by atoms with Crippen molar-refractivity contribution >= 4 is 17.4 Å². The molecule has 0 saturated heterocycles. The van der Waals surface area contributed by atoms with Gasteiger partial charge in [0.15, 0.2) is 0 Å². The molecule has 0 bridgehead atoms. The summed E-state index contributed by atoms with van der Waals surface area (Å²) in [7, 11) is 0. The van der Waals surface area contributed by atoms with Gasteiger partial charge in [-0.2, -0.15) is 0 Å². The molecule has 0 saturated carbocycles. The van der Waals surface area contributed by atoms with E-state index in [4.69, 9.17) is 0 Å². The lowest BCUT2D eigenvalue weighted by Crippen LogP contribution is -2.21. The van der Waals surface area contributed by atoms with Crippen molar-refractivity contribution in [2.45, 2.75) is 27.7 Å². The van der Waals surface area contributed by atoms with Crippen LogP contribution < -0.4 is 5.32 Å². The van der Waals surface area contributed by atoms with Crippen molar-refractivity contribution in [1.29, 1.82) is 0 Å². The summed E-state index contributed by atoms with van der Waals surface area (Å²) >= 11 is 1.70. The highest BCUT2D eigenvalue weighted by molar-refractivity contribution is 7.10. The second-order valence-electron chi connectivity index (χ2n) is 4.34. The zero-order valence-corrected chi connectivity index (χ0v) is 10.8. The van der Waals surface area contributed by atoms with Crippen molar-refractivity contribution in [3.63, 3.8) is 0 Å². The fraction of sp³-hybridized carbons (Fsp3) is 0.583. The summed E-state index contributed by atoms with van der Waals surface area (Å²) in [5, 5.41) is 6.61. The Balaban J connectivity index is 2.39. The van der Waals surface area contributed by atoms with Crippen LogP contribution in [0.2, 0.25) is 0 Å². The van der Waals surface area contributed by atoms with Crippen LogP contribution in [0.3, 0.4) is 0 Å². The maximum absolute atomic E-state index is 4.41. The summed E-state index contributed by atoms with van der Waals surface area (Å²) in [6, 6.07) is 0. The van der Waals surface area contributed by atoms with Crippen molar-refractivity contribution in [2.75, 3.05) is 13.1 Å². The number of nitrogens with one attached hydrogen (secondary N) is 1. The van der Waals surface area contributed by atoms with Crippen LogP contribution in [0.25, 0.3) is 6.08 Å². The smallest absolute Gasteiger partial charge is 0.116 e. The summed E-state index contributed by atoms with van der Waals surface area (Å²) in [6.45, 7) is 10.6. The third-order valence-electron chi connectivity index (χ3n) is 1.96. The molecule has 0 aliphatic rings. The van der Waals surface area contributed by atoms with Gasteiger partial charge in [-0.15, -0.1) is 11.3 Å². The van der Waals surface area contributed by atoms with E-state index in [0.717, 1.165) is 23.8 Å². The zero-order valence-electron chi connectivity index (χ0n) is 10.0. The van der Waals surface area contributed by atoms with Gasteiger partial charge in [-0.3, -0.25) is 0 Å². The fourth-order valence-electron chi connectivity index (χ4n) is 1.26. The van der Waals surface area contributed by atoms with Crippen LogP contribution in [0, 0.1) is 12.8 Å². The molecule has 3 heteroatoms. The minimum Gasteiger partial charge on any atom is -0.313 e. The Morgan fingerprint density at radius 2 is 2.33 bits per heavy atom. The average molecular weight is 224 g/mol. The van der Waals surface area contributed by atoms with Crippen LogP contribution in [0.5, 0.6) is 0 Å². The maximum Gasteiger partial charge on any atom is 0.116 e. The number of nitrogens with zero attached hydrogens (tertiary/aromatic N) is 1. The molecule has 0 atom stereocenters. The van der Waals surface area contributed by atoms with Gasteiger partial charge in [0.2, 0.25) is 0 Å². The van der Waals surface area contributed by atoms with E-state index >= 15 is 0 Å². The lowest BCUT2D eigenvalue weighted by atomic mass is 10.2. The van der Waals surface area contributed by atoms with Crippen LogP contribution >= 0.6 is 11.3 Å². The summed E-state index contributed by atoms with van der Waals surface area (Å²) in [5.74, 6) is 0.708. The first kappa shape index (κ1) is 12.4. The second kappa shape index (κ2) is 6.03. The monoisotopic (exact) mass is 224 g/mol. The third-order valence-corrected chi connectivity index (χ3v) is 2.87. The molecule has 0 fully saturated rings. The molecule has 1 N–H and O–H groups in total. The van der Waals surface area contributed by atoms with Crippen molar-refractivity contribution in [1.82, 2.24) is 10.3 Å².